The molecule has 0 heterocycles. The fraction of sp³-hybridized carbons (Fsp3) is 0.769. The average Bonchev–Trinajstić information content (AvgIpc) is 2.37. The number of carboxylic acid groups (broad SMARTS) is 2. The zero-order valence-corrected chi connectivity index (χ0v) is 12.1. The Morgan fingerprint density at radius 2 is 1.80 bits per heavy atom. The molecule has 0 bridgehead atoms. The van der Waals surface area contributed by atoms with Crippen molar-refractivity contribution in [2.75, 3.05) is 13.1 Å². The Hall–Kier alpha value is -1.79. The molecule has 0 aromatic rings. The maximum Gasteiger partial charge on any atom is 0.326 e. The van der Waals surface area contributed by atoms with Crippen LogP contribution in [0.1, 0.15) is 46.0 Å². The van der Waals surface area contributed by atoms with Gasteiger partial charge in [0.2, 0.25) is 0 Å². The molecule has 0 saturated carbocycles. The fourth-order valence-electron chi connectivity index (χ4n) is 1.71. The zero-order valence-electron chi connectivity index (χ0n) is 12.1. The van der Waals surface area contributed by atoms with E-state index in [1.165, 1.54) is 0 Å². The van der Waals surface area contributed by atoms with Crippen LogP contribution in [0.4, 0.5) is 4.79 Å². The van der Waals surface area contributed by atoms with E-state index in [1.807, 2.05) is 13.8 Å². The summed E-state index contributed by atoms with van der Waals surface area (Å²) in [5.41, 5.74) is 0. The number of aliphatic carboxylic acids is 2. The van der Waals surface area contributed by atoms with Gasteiger partial charge in [-0.25, -0.2) is 9.59 Å². The molecule has 2 amide bonds. The van der Waals surface area contributed by atoms with Crippen LogP contribution in [0.2, 0.25) is 0 Å². The molecule has 0 aromatic heterocycles. The van der Waals surface area contributed by atoms with E-state index < -0.39 is 24.0 Å². The van der Waals surface area contributed by atoms with Crippen LogP contribution in [0.25, 0.3) is 0 Å². The summed E-state index contributed by atoms with van der Waals surface area (Å²) in [6.45, 7) is 4.93. The molecule has 0 radical (unpaired) electrons. The number of carbonyl (C=O) groups excluding carboxylic acids is 1. The third-order valence-electron chi connectivity index (χ3n) is 2.93. The van der Waals surface area contributed by atoms with Crippen molar-refractivity contribution in [3.8, 4) is 0 Å². The van der Waals surface area contributed by atoms with Gasteiger partial charge in [-0.15, -0.1) is 0 Å². The van der Waals surface area contributed by atoms with Gasteiger partial charge < -0.3 is 20.4 Å². The number of nitrogens with one attached hydrogen (secondary N) is 1. The van der Waals surface area contributed by atoms with E-state index in [9.17, 15) is 14.4 Å². The maximum absolute atomic E-state index is 11.9. The lowest BCUT2D eigenvalue weighted by atomic mass is 10.1. The molecule has 0 saturated heterocycles. The second-order valence-corrected chi connectivity index (χ2v) is 4.56. The number of carboxylic acids is 2. The largest absolute Gasteiger partial charge is 0.481 e. The molecule has 7 heteroatoms. The van der Waals surface area contributed by atoms with E-state index in [4.69, 9.17) is 10.2 Å². The first-order valence-electron chi connectivity index (χ1n) is 6.92. The van der Waals surface area contributed by atoms with E-state index >= 15 is 0 Å². The lowest BCUT2D eigenvalue weighted by molar-refractivity contribution is -0.140. The Morgan fingerprint density at radius 3 is 2.25 bits per heavy atom. The number of hydrogen-bond donors (Lipinski definition) is 3. The van der Waals surface area contributed by atoms with Crippen molar-refractivity contribution in [3.63, 3.8) is 0 Å². The minimum Gasteiger partial charge on any atom is -0.481 e. The van der Waals surface area contributed by atoms with E-state index in [-0.39, 0.29) is 19.3 Å². The first kappa shape index (κ1) is 18.2. The number of amides is 2. The van der Waals surface area contributed by atoms with E-state index in [1.54, 1.807) is 4.90 Å². The number of unbranched alkanes of at least 4 members (excludes halogenated alkanes) is 1. The Kier molecular flexibility index (Phi) is 9.15. The number of carbonyl (C=O) groups is 3. The number of hydrogen-bond acceptors (Lipinski definition) is 3. The molecule has 116 valence electrons. The summed E-state index contributed by atoms with van der Waals surface area (Å²) in [5, 5.41) is 20.0. The predicted molar refractivity (Wildman–Crippen MR) is 73.6 cm³/mol. The summed E-state index contributed by atoms with van der Waals surface area (Å²) >= 11 is 0. The second-order valence-electron chi connectivity index (χ2n) is 4.56. The van der Waals surface area contributed by atoms with Gasteiger partial charge in [0.15, 0.2) is 0 Å². The van der Waals surface area contributed by atoms with Crippen molar-refractivity contribution in [3.05, 3.63) is 0 Å². The predicted octanol–water partition coefficient (Wildman–Crippen LogP) is 1.53. The lowest BCUT2D eigenvalue weighted by Crippen LogP contribution is -2.48. The van der Waals surface area contributed by atoms with Crippen molar-refractivity contribution in [2.24, 2.45) is 0 Å². The van der Waals surface area contributed by atoms with Crippen LogP contribution in [0.5, 0.6) is 0 Å². The van der Waals surface area contributed by atoms with Crippen LogP contribution in [0.15, 0.2) is 0 Å². The fourth-order valence-corrected chi connectivity index (χ4v) is 1.71. The van der Waals surface area contributed by atoms with Crippen LogP contribution in [0.3, 0.4) is 0 Å². The molecule has 0 aromatic carbocycles. The minimum atomic E-state index is -1.14. The molecule has 0 fully saturated rings. The van der Waals surface area contributed by atoms with Crippen LogP contribution in [-0.2, 0) is 9.59 Å². The van der Waals surface area contributed by atoms with Crippen molar-refractivity contribution in [1.29, 1.82) is 0 Å². The molecule has 1 atom stereocenters. The molecule has 0 aliphatic rings. The molecule has 0 aliphatic carbocycles. The molecule has 0 rings (SSSR count). The molecular formula is C13H24N2O5. The minimum absolute atomic E-state index is 0.104. The van der Waals surface area contributed by atoms with Crippen LogP contribution in [0, 0.1) is 0 Å². The van der Waals surface area contributed by atoms with Crippen molar-refractivity contribution >= 4 is 18.0 Å². The standard InChI is InChI=1S/C13H24N2O5/c1-3-5-9-15(4-2)13(20)14-10(12(18)19)7-6-8-11(16)17/h10H,3-9H2,1-2H3,(H,14,20)(H,16,17)(H,18,19)/t10-/m1/s1. The Balaban J connectivity index is 4.37. The lowest BCUT2D eigenvalue weighted by Gasteiger charge is -2.23. The number of nitrogens with zero attached hydrogens (tertiary/aromatic N) is 1. The normalized spacial score (nSPS) is 11.7. The third kappa shape index (κ3) is 7.60. The highest BCUT2D eigenvalue weighted by atomic mass is 16.4. The summed E-state index contributed by atoms with van der Waals surface area (Å²) in [6, 6.07) is -1.46. The maximum atomic E-state index is 11.9. The SMILES string of the molecule is CCCCN(CC)C(=O)N[C@H](CCCC(=O)O)C(=O)O. The zero-order chi connectivity index (χ0) is 15.5. The van der Waals surface area contributed by atoms with Crippen molar-refractivity contribution < 1.29 is 24.6 Å². The number of urea groups is 1. The summed E-state index contributed by atoms with van der Waals surface area (Å²) < 4.78 is 0. The van der Waals surface area contributed by atoms with Crippen LogP contribution >= 0.6 is 0 Å². The third-order valence-corrected chi connectivity index (χ3v) is 2.93. The molecule has 0 spiro atoms. The summed E-state index contributed by atoms with van der Waals surface area (Å²) in [7, 11) is 0. The van der Waals surface area contributed by atoms with Crippen molar-refractivity contribution in [2.45, 2.75) is 52.0 Å². The van der Waals surface area contributed by atoms with Gasteiger partial charge in [-0.2, -0.15) is 0 Å². The van der Waals surface area contributed by atoms with Gasteiger partial charge in [-0.05, 0) is 26.2 Å². The van der Waals surface area contributed by atoms with Gasteiger partial charge in [0.1, 0.15) is 6.04 Å². The highest BCUT2D eigenvalue weighted by Crippen LogP contribution is 2.04. The summed E-state index contributed by atoms with van der Waals surface area (Å²) in [6.07, 6.45) is 2.03. The summed E-state index contributed by atoms with van der Waals surface area (Å²) in [5.74, 6) is -2.12. The van der Waals surface area contributed by atoms with Gasteiger partial charge in [0.05, 0.1) is 0 Å². The second kappa shape index (κ2) is 10.1. The first-order chi connectivity index (χ1) is 9.42. The smallest absolute Gasteiger partial charge is 0.326 e. The Morgan fingerprint density at radius 1 is 1.15 bits per heavy atom. The first-order valence-corrected chi connectivity index (χ1v) is 6.92. The molecule has 3 N–H and O–H groups in total. The van der Waals surface area contributed by atoms with E-state index in [2.05, 4.69) is 5.32 Å². The Labute approximate surface area is 119 Å². The van der Waals surface area contributed by atoms with Crippen LogP contribution < -0.4 is 5.32 Å². The molecule has 0 unspecified atom stereocenters. The van der Waals surface area contributed by atoms with Gasteiger partial charge in [-0.1, -0.05) is 13.3 Å². The molecule has 0 aliphatic heterocycles. The topological polar surface area (TPSA) is 107 Å². The average molecular weight is 288 g/mol. The number of rotatable bonds is 10. The molecular weight excluding hydrogens is 264 g/mol. The molecule has 20 heavy (non-hydrogen) atoms. The van der Waals surface area contributed by atoms with Gasteiger partial charge in [0.25, 0.3) is 0 Å². The quantitative estimate of drug-likeness (QED) is 0.565. The van der Waals surface area contributed by atoms with Crippen LogP contribution in [-0.4, -0.2) is 52.2 Å². The van der Waals surface area contributed by atoms with Gasteiger partial charge in [0, 0.05) is 19.5 Å². The monoisotopic (exact) mass is 288 g/mol. The highest BCUT2D eigenvalue weighted by Gasteiger charge is 2.22. The molecule has 7 nitrogen and oxygen atoms in total. The summed E-state index contributed by atoms with van der Waals surface area (Å²) in [4.78, 5) is 34.9. The van der Waals surface area contributed by atoms with Gasteiger partial charge in [-0.3, -0.25) is 4.79 Å². The van der Waals surface area contributed by atoms with E-state index in [0.29, 0.717) is 13.1 Å². The highest BCUT2D eigenvalue weighted by molar-refractivity contribution is 5.82. The van der Waals surface area contributed by atoms with E-state index in [0.717, 1.165) is 12.8 Å². The van der Waals surface area contributed by atoms with Crippen molar-refractivity contribution in [1.82, 2.24) is 10.2 Å². The van der Waals surface area contributed by atoms with Gasteiger partial charge >= 0.3 is 18.0 Å². The Bertz CT molecular complexity index is 333.